The van der Waals surface area contributed by atoms with Crippen LogP contribution in [-0.4, -0.2) is 17.7 Å². The van der Waals surface area contributed by atoms with Crippen molar-refractivity contribution in [3.63, 3.8) is 0 Å². The number of hydrogen-bond donors (Lipinski definition) is 0. The van der Waals surface area contributed by atoms with E-state index >= 15 is 0 Å². The molecule has 0 nitrogen and oxygen atoms in total. The van der Waals surface area contributed by atoms with Gasteiger partial charge in [0.2, 0.25) is 0 Å². The average molecular weight is 333 g/mol. The molecular weight excluding hydrogens is 300 g/mol. The molecule has 1 atom stereocenters. The fourth-order valence-electron chi connectivity index (χ4n) is 3.91. The first kappa shape index (κ1) is 17.9. The smallest absolute Gasteiger partial charge is 0.103 e. The third-order valence-electron chi connectivity index (χ3n) is 4.99. The van der Waals surface area contributed by atoms with Crippen LogP contribution in [0.2, 0.25) is 13.1 Å². The van der Waals surface area contributed by atoms with Gasteiger partial charge in [-0.15, -0.1) is 0 Å². The van der Waals surface area contributed by atoms with E-state index in [2.05, 4.69) is 95.9 Å². The Labute approximate surface area is 142 Å². The quantitative estimate of drug-likeness (QED) is 0.531. The minimum Gasteiger partial charge on any atom is -0.150 e. The fraction of sp³-hybridized carbons (Fsp3) is 0.600. The summed E-state index contributed by atoms with van der Waals surface area (Å²) in [6, 6.07) is 0. The average Bonchev–Trinajstić information content (AvgIpc) is 2.91. The summed E-state index contributed by atoms with van der Waals surface area (Å²) in [5.74, 6) is 0. The van der Waals surface area contributed by atoms with Gasteiger partial charge in [0.25, 0.3) is 0 Å². The Morgan fingerprint density at radius 1 is 1.18 bits per heavy atom. The molecule has 2 aliphatic rings. The van der Waals surface area contributed by atoms with Crippen LogP contribution >= 0.6 is 11.8 Å². The van der Waals surface area contributed by atoms with E-state index in [-0.39, 0.29) is 9.79 Å². The molecule has 2 heteroatoms. The van der Waals surface area contributed by atoms with Crippen molar-refractivity contribution in [2.24, 2.45) is 5.41 Å². The van der Waals surface area contributed by atoms with Crippen LogP contribution in [0.25, 0.3) is 0 Å². The molecule has 0 fully saturated rings. The van der Waals surface area contributed by atoms with Crippen molar-refractivity contribution in [1.29, 1.82) is 0 Å². The molecule has 0 N–H and O–H groups in total. The van der Waals surface area contributed by atoms with Gasteiger partial charge in [0.1, 0.15) is 8.07 Å². The molecule has 1 unspecified atom stereocenters. The second-order valence-electron chi connectivity index (χ2n) is 8.38. The van der Waals surface area contributed by atoms with Gasteiger partial charge in [0.15, 0.2) is 0 Å². The van der Waals surface area contributed by atoms with Gasteiger partial charge in [-0.05, 0) is 23.5 Å². The molecule has 0 aliphatic heterocycles. The molecule has 2 rings (SSSR count). The summed E-state index contributed by atoms with van der Waals surface area (Å²) < 4.78 is 0.272. The van der Waals surface area contributed by atoms with Gasteiger partial charge in [0.05, 0.1) is 0 Å². The van der Waals surface area contributed by atoms with E-state index in [4.69, 9.17) is 0 Å². The van der Waals surface area contributed by atoms with E-state index in [1.165, 1.54) is 6.42 Å². The molecule has 0 aromatic rings. The van der Waals surface area contributed by atoms with Crippen LogP contribution in [0.1, 0.15) is 47.5 Å². The van der Waals surface area contributed by atoms with Gasteiger partial charge in [-0.2, -0.15) is 11.8 Å². The topological polar surface area (TPSA) is 0 Å². The number of rotatable bonds is 4. The third kappa shape index (κ3) is 3.10. The monoisotopic (exact) mass is 332 g/mol. The molecule has 0 bridgehead atoms. The summed E-state index contributed by atoms with van der Waals surface area (Å²) in [5.41, 5.74) is 1.87. The molecule has 122 valence electrons. The van der Waals surface area contributed by atoms with Gasteiger partial charge in [-0.3, -0.25) is 0 Å². The molecular formula is C20H32SSi. The standard InChI is InChI=1S/C20H32SSi/c1-16(2)21-20(22(6,7)17-12-8-9-13-17)15-11-10-14-18(20)19(3,4)5/h8,10-14,16H,9,15H2,1-7H3. The highest BCUT2D eigenvalue weighted by Gasteiger charge is 2.53. The first-order valence-electron chi connectivity index (χ1n) is 8.54. The first-order valence-corrected chi connectivity index (χ1v) is 12.4. The van der Waals surface area contributed by atoms with E-state index in [1.807, 2.05) is 0 Å². The number of hydrogen-bond acceptors (Lipinski definition) is 1. The molecule has 0 saturated heterocycles. The van der Waals surface area contributed by atoms with Crippen molar-refractivity contribution in [3.8, 4) is 0 Å². The van der Waals surface area contributed by atoms with Gasteiger partial charge < -0.3 is 0 Å². The zero-order valence-corrected chi connectivity index (χ0v) is 17.2. The predicted molar refractivity (Wildman–Crippen MR) is 106 cm³/mol. The first-order chi connectivity index (χ1) is 10.1. The lowest BCUT2D eigenvalue weighted by Crippen LogP contribution is -2.57. The van der Waals surface area contributed by atoms with Crippen LogP contribution in [0.15, 0.2) is 47.2 Å². The van der Waals surface area contributed by atoms with Crippen LogP contribution in [0.3, 0.4) is 0 Å². The molecule has 0 aromatic carbocycles. The zero-order chi connectivity index (χ0) is 16.6. The van der Waals surface area contributed by atoms with Crippen LogP contribution in [0.5, 0.6) is 0 Å². The zero-order valence-electron chi connectivity index (χ0n) is 15.4. The van der Waals surface area contributed by atoms with E-state index in [1.54, 1.807) is 10.8 Å². The summed E-state index contributed by atoms with van der Waals surface area (Å²) in [4.78, 5) is 0. The Bertz CT molecular complexity index is 541. The molecule has 0 spiro atoms. The maximum atomic E-state index is 2.59. The Morgan fingerprint density at radius 2 is 1.86 bits per heavy atom. The van der Waals surface area contributed by atoms with Crippen molar-refractivity contribution in [3.05, 3.63) is 47.2 Å². The molecule has 0 aromatic heterocycles. The van der Waals surface area contributed by atoms with E-state index in [0.717, 1.165) is 6.42 Å². The number of allylic oxidation sites excluding steroid dienone is 7. The van der Waals surface area contributed by atoms with Gasteiger partial charge in [0, 0.05) is 4.37 Å². The van der Waals surface area contributed by atoms with E-state index in [9.17, 15) is 0 Å². The van der Waals surface area contributed by atoms with Crippen LogP contribution in [0.4, 0.5) is 0 Å². The molecule has 0 saturated carbocycles. The highest BCUT2D eigenvalue weighted by molar-refractivity contribution is 8.03. The third-order valence-corrected chi connectivity index (χ3v) is 12.4. The number of thioether (sulfide) groups is 1. The lowest BCUT2D eigenvalue weighted by molar-refractivity contribution is 0.470. The van der Waals surface area contributed by atoms with Gasteiger partial charge in [-0.1, -0.05) is 94.9 Å². The largest absolute Gasteiger partial charge is 0.150 e. The summed E-state index contributed by atoms with van der Waals surface area (Å²) >= 11 is 2.22. The Kier molecular flexibility index (Phi) is 5.04. The Hall–Kier alpha value is -0.473. The lowest BCUT2D eigenvalue weighted by atomic mass is 9.81. The van der Waals surface area contributed by atoms with Gasteiger partial charge >= 0.3 is 0 Å². The minimum absolute atomic E-state index is 0.222. The lowest BCUT2D eigenvalue weighted by Gasteiger charge is -2.52. The highest BCUT2D eigenvalue weighted by atomic mass is 32.2. The fourth-order valence-corrected chi connectivity index (χ4v) is 11.0. The second-order valence-corrected chi connectivity index (χ2v) is 15.3. The Morgan fingerprint density at radius 3 is 2.36 bits per heavy atom. The SMILES string of the molecule is CC(C)SC1([Si](C)(C)C2=CCC=C2)CC=CC=C1C(C)(C)C. The molecule has 2 aliphatic carbocycles. The highest BCUT2D eigenvalue weighted by Crippen LogP contribution is 2.55. The minimum atomic E-state index is -1.64. The van der Waals surface area contributed by atoms with Crippen molar-refractivity contribution >= 4 is 19.8 Å². The molecule has 22 heavy (non-hydrogen) atoms. The normalized spacial score (nSPS) is 25.6. The predicted octanol–water partition coefficient (Wildman–Crippen LogP) is 6.47. The van der Waals surface area contributed by atoms with E-state index in [0.29, 0.717) is 5.25 Å². The van der Waals surface area contributed by atoms with Crippen LogP contribution < -0.4 is 0 Å². The summed E-state index contributed by atoms with van der Waals surface area (Å²) in [5, 5.41) is 2.29. The molecule has 0 heterocycles. The maximum Gasteiger partial charge on any atom is 0.103 e. The second kappa shape index (κ2) is 6.20. The summed E-state index contributed by atoms with van der Waals surface area (Å²) in [6.45, 7) is 17.0. The van der Waals surface area contributed by atoms with Crippen LogP contribution in [0, 0.1) is 5.41 Å². The van der Waals surface area contributed by atoms with E-state index < -0.39 is 8.07 Å². The Balaban J connectivity index is 2.60. The van der Waals surface area contributed by atoms with Crippen molar-refractivity contribution in [2.45, 2.75) is 70.2 Å². The maximum absolute atomic E-state index is 2.59. The summed E-state index contributed by atoms with van der Waals surface area (Å²) in [6.07, 6.45) is 16.6. The van der Waals surface area contributed by atoms with Gasteiger partial charge in [-0.25, -0.2) is 0 Å². The van der Waals surface area contributed by atoms with Crippen LogP contribution in [-0.2, 0) is 0 Å². The van der Waals surface area contributed by atoms with Crippen molar-refractivity contribution < 1.29 is 0 Å². The molecule has 0 radical (unpaired) electrons. The van der Waals surface area contributed by atoms with Crippen molar-refractivity contribution in [2.75, 3.05) is 0 Å². The van der Waals surface area contributed by atoms with Crippen molar-refractivity contribution in [1.82, 2.24) is 0 Å². The summed E-state index contributed by atoms with van der Waals surface area (Å²) in [7, 11) is -1.64. The molecule has 0 amide bonds.